The van der Waals surface area contributed by atoms with Crippen LogP contribution < -0.4 is 19.1 Å². The molecule has 1 heterocycles. The zero-order valence-corrected chi connectivity index (χ0v) is 15.3. The molecule has 1 amide bonds. The second-order valence-electron chi connectivity index (χ2n) is 6.53. The van der Waals surface area contributed by atoms with E-state index in [-0.39, 0.29) is 18.2 Å². The molecule has 0 radical (unpaired) electrons. The molecule has 1 aromatic carbocycles. The molecule has 134 valence electrons. The van der Waals surface area contributed by atoms with Gasteiger partial charge in [0.15, 0.2) is 11.5 Å². The van der Waals surface area contributed by atoms with Crippen LogP contribution in [0.15, 0.2) is 18.2 Å². The Morgan fingerprint density at radius 1 is 1.21 bits per heavy atom. The van der Waals surface area contributed by atoms with E-state index in [1.165, 1.54) is 0 Å². The molecule has 1 aliphatic rings. The lowest BCUT2D eigenvalue weighted by molar-refractivity contribution is -0.121. The zero-order valence-electron chi connectivity index (χ0n) is 14.5. The van der Waals surface area contributed by atoms with E-state index >= 15 is 0 Å². The lowest BCUT2D eigenvalue weighted by atomic mass is 10.1. The van der Waals surface area contributed by atoms with Crippen molar-refractivity contribution in [1.29, 1.82) is 0 Å². The third kappa shape index (κ3) is 4.53. The van der Waals surface area contributed by atoms with Gasteiger partial charge in [0.25, 0.3) is 0 Å². The Kier molecular flexibility index (Phi) is 5.27. The third-order valence-corrected chi connectivity index (χ3v) is 5.06. The maximum Gasteiger partial charge on any atom is 0.241 e. The average molecular weight is 356 g/mol. The number of carbonyl (C=O) groups excluding carboxylic acids is 1. The molecule has 0 saturated heterocycles. The molecule has 0 bridgehead atoms. The molecule has 24 heavy (non-hydrogen) atoms. The molecule has 2 rings (SSSR count). The van der Waals surface area contributed by atoms with Crippen LogP contribution in [0.25, 0.3) is 0 Å². The maximum atomic E-state index is 12.4. The molecule has 0 aromatic heterocycles. The van der Waals surface area contributed by atoms with Gasteiger partial charge in [-0.2, -0.15) is 0 Å². The summed E-state index contributed by atoms with van der Waals surface area (Å²) >= 11 is 0. The predicted octanol–water partition coefficient (Wildman–Crippen LogP) is 1.53. The molecule has 0 aliphatic carbocycles. The van der Waals surface area contributed by atoms with Crippen LogP contribution >= 0.6 is 0 Å². The van der Waals surface area contributed by atoms with Crippen molar-refractivity contribution in [2.24, 2.45) is 0 Å². The summed E-state index contributed by atoms with van der Waals surface area (Å²) in [6.07, 6.45) is 0. The molecule has 1 aliphatic heterocycles. The Morgan fingerprint density at radius 2 is 1.83 bits per heavy atom. The fourth-order valence-corrected chi connectivity index (χ4v) is 3.34. The number of sulfonamides is 1. The lowest BCUT2D eigenvalue weighted by Crippen LogP contribution is -2.47. The highest BCUT2D eigenvalue weighted by Crippen LogP contribution is 2.34. The first kappa shape index (κ1) is 18.4. The molecule has 0 saturated carbocycles. The van der Waals surface area contributed by atoms with Crippen LogP contribution in [0.2, 0.25) is 0 Å². The quantitative estimate of drug-likeness (QED) is 0.865. The van der Waals surface area contributed by atoms with Crippen LogP contribution in [0, 0.1) is 0 Å². The summed E-state index contributed by atoms with van der Waals surface area (Å²) in [7, 11) is -3.61. The zero-order chi connectivity index (χ0) is 18.0. The maximum absolute atomic E-state index is 12.4. The van der Waals surface area contributed by atoms with Gasteiger partial charge in [0, 0.05) is 11.6 Å². The Balaban J connectivity index is 2.32. The molecule has 0 atom stereocenters. The number of hydrogen-bond donors (Lipinski definition) is 1. The van der Waals surface area contributed by atoms with Crippen molar-refractivity contribution >= 4 is 21.6 Å². The number of ether oxygens (including phenoxy) is 2. The lowest BCUT2D eigenvalue weighted by Gasteiger charge is -2.27. The summed E-state index contributed by atoms with van der Waals surface area (Å²) in [5.74, 6) is 0.572. The minimum atomic E-state index is -3.61. The first-order chi connectivity index (χ1) is 11.1. The number of benzene rings is 1. The van der Waals surface area contributed by atoms with Crippen LogP contribution in [0.1, 0.15) is 27.7 Å². The number of nitrogens with zero attached hydrogens (tertiary/aromatic N) is 1. The van der Waals surface area contributed by atoms with Crippen LogP contribution in [-0.4, -0.2) is 45.4 Å². The summed E-state index contributed by atoms with van der Waals surface area (Å²) < 4.78 is 36.9. The molecular weight excluding hydrogens is 332 g/mol. The number of nitrogens with one attached hydrogen (secondary N) is 1. The van der Waals surface area contributed by atoms with Crippen LogP contribution in [0.3, 0.4) is 0 Å². The topological polar surface area (TPSA) is 84.9 Å². The van der Waals surface area contributed by atoms with E-state index in [9.17, 15) is 13.2 Å². The second kappa shape index (κ2) is 6.88. The van der Waals surface area contributed by atoms with E-state index in [0.29, 0.717) is 30.4 Å². The number of anilines is 1. The molecule has 0 spiro atoms. The van der Waals surface area contributed by atoms with Gasteiger partial charge in [0.05, 0.1) is 11.4 Å². The van der Waals surface area contributed by atoms with Gasteiger partial charge in [-0.3, -0.25) is 9.10 Å². The number of rotatable bonds is 5. The Labute approximate surface area is 143 Å². The van der Waals surface area contributed by atoms with E-state index in [0.717, 1.165) is 4.31 Å². The first-order valence-electron chi connectivity index (χ1n) is 7.83. The third-order valence-electron chi connectivity index (χ3n) is 3.32. The van der Waals surface area contributed by atoms with Gasteiger partial charge >= 0.3 is 0 Å². The SMILES string of the molecule is CCS(=O)(=O)N(CC(=O)NC(C)(C)C)c1ccc2c(c1)OCCO2. The molecule has 0 unspecified atom stereocenters. The highest BCUT2D eigenvalue weighted by Gasteiger charge is 2.26. The minimum Gasteiger partial charge on any atom is -0.486 e. The van der Waals surface area contributed by atoms with Crippen molar-refractivity contribution in [3.05, 3.63) is 18.2 Å². The van der Waals surface area contributed by atoms with Crippen molar-refractivity contribution < 1.29 is 22.7 Å². The Bertz CT molecular complexity index is 710. The monoisotopic (exact) mass is 356 g/mol. The molecule has 1 N–H and O–H groups in total. The van der Waals surface area contributed by atoms with Crippen LogP contribution in [0.4, 0.5) is 5.69 Å². The minimum absolute atomic E-state index is 0.107. The summed E-state index contributed by atoms with van der Waals surface area (Å²) in [6.45, 7) is 7.64. The fourth-order valence-electron chi connectivity index (χ4n) is 2.28. The standard InChI is InChI=1S/C16H24N2O5S/c1-5-24(20,21)18(11-15(19)17-16(2,3)4)12-6-7-13-14(10-12)23-9-8-22-13/h6-7,10H,5,8-9,11H2,1-4H3,(H,17,19). The normalized spacial score (nSPS) is 14.2. The van der Waals surface area contributed by atoms with Gasteiger partial charge in [0.2, 0.25) is 15.9 Å². The smallest absolute Gasteiger partial charge is 0.241 e. The molecule has 7 nitrogen and oxygen atoms in total. The summed E-state index contributed by atoms with van der Waals surface area (Å²) in [5, 5.41) is 2.78. The molecular formula is C16H24N2O5S. The van der Waals surface area contributed by atoms with Crippen LogP contribution in [0.5, 0.6) is 11.5 Å². The molecule has 8 heteroatoms. The summed E-state index contributed by atoms with van der Waals surface area (Å²) in [6, 6.07) is 4.86. The van der Waals surface area contributed by atoms with Crippen molar-refractivity contribution in [2.75, 3.05) is 29.8 Å². The summed E-state index contributed by atoms with van der Waals surface area (Å²) in [4.78, 5) is 12.2. The number of carbonyl (C=O) groups is 1. The molecule has 0 fully saturated rings. The van der Waals surface area contributed by atoms with E-state index in [2.05, 4.69) is 5.32 Å². The first-order valence-corrected chi connectivity index (χ1v) is 9.44. The number of fused-ring (bicyclic) bond motifs is 1. The largest absolute Gasteiger partial charge is 0.486 e. The van der Waals surface area contributed by atoms with Gasteiger partial charge in [-0.1, -0.05) is 0 Å². The Hall–Kier alpha value is -1.96. The van der Waals surface area contributed by atoms with Crippen LogP contribution in [-0.2, 0) is 14.8 Å². The highest BCUT2D eigenvalue weighted by atomic mass is 32.2. The number of amides is 1. The van der Waals surface area contributed by atoms with Gasteiger partial charge in [-0.25, -0.2) is 8.42 Å². The van der Waals surface area contributed by atoms with Gasteiger partial charge in [-0.05, 0) is 39.8 Å². The van der Waals surface area contributed by atoms with E-state index in [1.54, 1.807) is 25.1 Å². The van der Waals surface area contributed by atoms with Gasteiger partial charge < -0.3 is 14.8 Å². The second-order valence-corrected chi connectivity index (χ2v) is 8.72. The summed E-state index contributed by atoms with van der Waals surface area (Å²) in [5.41, 5.74) is -0.0592. The average Bonchev–Trinajstić information content (AvgIpc) is 2.50. The molecule has 1 aromatic rings. The van der Waals surface area contributed by atoms with Gasteiger partial charge in [0.1, 0.15) is 19.8 Å². The van der Waals surface area contributed by atoms with E-state index in [1.807, 2.05) is 20.8 Å². The van der Waals surface area contributed by atoms with Gasteiger partial charge in [-0.15, -0.1) is 0 Å². The van der Waals surface area contributed by atoms with Crippen molar-refractivity contribution in [1.82, 2.24) is 5.32 Å². The Morgan fingerprint density at radius 3 is 2.42 bits per heavy atom. The van der Waals surface area contributed by atoms with Crippen molar-refractivity contribution in [3.63, 3.8) is 0 Å². The predicted molar refractivity (Wildman–Crippen MR) is 92.1 cm³/mol. The van der Waals surface area contributed by atoms with Crippen molar-refractivity contribution in [2.45, 2.75) is 33.2 Å². The fraction of sp³-hybridized carbons (Fsp3) is 0.562. The van der Waals surface area contributed by atoms with E-state index in [4.69, 9.17) is 9.47 Å². The number of hydrogen-bond acceptors (Lipinski definition) is 5. The van der Waals surface area contributed by atoms with Crippen molar-refractivity contribution in [3.8, 4) is 11.5 Å². The highest BCUT2D eigenvalue weighted by molar-refractivity contribution is 7.92. The van der Waals surface area contributed by atoms with E-state index < -0.39 is 15.6 Å².